The molecule has 17 heteroatoms. The topological polar surface area (TPSA) is 134 Å². The van der Waals surface area contributed by atoms with E-state index in [0.29, 0.717) is 23.5 Å². The Morgan fingerprint density at radius 1 is 1.10 bits per heavy atom. The van der Waals surface area contributed by atoms with Crippen molar-refractivity contribution in [2.75, 3.05) is 32.8 Å². The standard InChI is InChI=1S/C23H29F3N4O7S3/c1-2-27-40(34,35)29-12-13-30(18(15-29)22(31)28-37-20-5-3-4-14-36-20)39(32,33)21-11-10-19(38-21)16-6-8-17(9-7-16)23(24,25)26/h6-11,18,20,27H,2-5,12-15H2,1H3,(H,28,31). The average molecular weight is 627 g/mol. The first kappa shape index (κ1) is 30.8. The van der Waals surface area contributed by atoms with Gasteiger partial charge in [-0.15, -0.1) is 11.3 Å². The second-order valence-corrected chi connectivity index (χ2v) is 14.0. The van der Waals surface area contributed by atoms with Crippen LogP contribution in [0, 0.1) is 0 Å². The fourth-order valence-corrected chi connectivity index (χ4v) is 8.50. The Labute approximate surface area is 234 Å². The largest absolute Gasteiger partial charge is 0.416 e. The number of rotatable bonds is 9. The van der Waals surface area contributed by atoms with Gasteiger partial charge < -0.3 is 4.74 Å². The molecule has 0 saturated carbocycles. The number of sulfonamides is 1. The van der Waals surface area contributed by atoms with E-state index < -0.39 is 56.8 Å². The van der Waals surface area contributed by atoms with Crippen LogP contribution in [0.5, 0.6) is 0 Å². The van der Waals surface area contributed by atoms with Crippen LogP contribution in [0.2, 0.25) is 0 Å². The summed E-state index contributed by atoms with van der Waals surface area (Å²) in [4.78, 5) is 18.9. The maximum absolute atomic E-state index is 13.7. The number of amides is 1. The van der Waals surface area contributed by atoms with Crippen molar-refractivity contribution in [3.8, 4) is 10.4 Å². The summed E-state index contributed by atoms with van der Waals surface area (Å²) < 4.78 is 101. The second kappa shape index (κ2) is 12.4. The second-order valence-electron chi connectivity index (χ2n) is 9.07. The number of halogens is 3. The summed E-state index contributed by atoms with van der Waals surface area (Å²) in [6.07, 6.45) is -3.03. The predicted molar refractivity (Wildman–Crippen MR) is 139 cm³/mol. The number of hydroxylamine groups is 1. The lowest BCUT2D eigenvalue weighted by atomic mass is 10.1. The molecular formula is C23H29F3N4O7S3. The van der Waals surface area contributed by atoms with Crippen molar-refractivity contribution in [3.63, 3.8) is 0 Å². The fraction of sp³-hybridized carbons (Fsp3) is 0.522. The third-order valence-electron chi connectivity index (χ3n) is 6.33. The highest BCUT2D eigenvalue weighted by atomic mass is 32.2. The first-order chi connectivity index (χ1) is 18.8. The maximum Gasteiger partial charge on any atom is 0.416 e. The van der Waals surface area contributed by atoms with Crippen LogP contribution >= 0.6 is 11.3 Å². The number of hydrogen-bond donors (Lipinski definition) is 2. The normalized spacial score (nSPS) is 21.8. The van der Waals surface area contributed by atoms with Gasteiger partial charge in [-0.3, -0.25) is 4.79 Å². The van der Waals surface area contributed by atoms with Crippen LogP contribution < -0.4 is 10.2 Å². The quantitative estimate of drug-likeness (QED) is 0.409. The number of ether oxygens (including phenoxy) is 1. The van der Waals surface area contributed by atoms with Crippen LogP contribution in [0.4, 0.5) is 13.2 Å². The fourth-order valence-electron chi connectivity index (χ4n) is 4.28. The molecule has 2 aromatic rings. The zero-order valence-corrected chi connectivity index (χ0v) is 23.8. The third kappa shape index (κ3) is 7.02. The number of nitrogens with one attached hydrogen (secondary N) is 2. The van der Waals surface area contributed by atoms with Gasteiger partial charge in [0.05, 0.1) is 5.56 Å². The molecule has 1 amide bonds. The summed E-state index contributed by atoms with van der Waals surface area (Å²) in [6, 6.07) is 5.60. The molecule has 1 aromatic carbocycles. The smallest absolute Gasteiger partial charge is 0.350 e. The lowest BCUT2D eigenvalue weighted by Gasteiger charge is -2.38. The molecule has 4 rings (SSSR count). The van der Waals surface area contributed by atoms with Gasteiger partial charge in [-0.05, 0) is 42.7 Å². The number of nitrogens with zero attached hydrogens (tertiary/aromatic N) is 2. The van der Waals surface area contributed by atoms with E-state index in [2.05, 4.69) is 10.2 Å². The SMILES string of the molecule is CCNS(=O)(=O)N1CCN(S(=O)(=O)c2ccc(-c3ccc(C(F)(F)F)cc3)s2)C(C(=O)NOC2CCCCO2)C1. The Kier molecular flexibility index (Phi) is 9.56. The van der Waals surface area contributed by atoms with E-state index >= 15 is 0 Å². The molecule has 2 unspecified atom stereocenters. The van der Waals surface area contributed by atoms with E-state index in [-0.39, 0.29) is 23.8 Å². The first-order valence-electron chi connectivity index (χ1n) is 12.4. The number of thiophene rings is 1. The van der Waals surface area contributed by atoms with Crippen LogP contribution in [0.3, 0.4) is 0 Å². The van der Waals surface area contributed by atoms with Gasteiger partial charge >= 0.3 is 6.18 Å². The Morgan fingerprint density at radius 3 is 2.45 bits per heavy atom. The van der Waals surface area contributed by atoms with E-state index in [1.165, 1.54) is 24.3 Å². The molecule has 2 N–H and O–H groups in total. The summed E-state index contributed by atoms with van der Waals surface area (Å²) in [5.41, 5.74) is 1.78. The van der Waals surface area contributed by atoms with Crippen molar-refractivity contribution in [1.29, 1.82) is 0 Å². The summed E-state index contributed by atoms with van der Waals surface area (Å²) in [5.74, 6) is -0.867. The molecule has 2 saturated heterocycles. The van der Waals surface area contributed by atoms with E-state index in [9.17, 15) is 34.8 Å². The minimum Gasteiger partial charge on any atom is -0.350 e. The molecule has 1 aromatic heterocycles. The molecule has 40 heavy (non-hydrogen) atoms. The number of carbonyl (C=O) groups excluding carboxylic acids is 1. The predicted octanol–water partition coefficient (Wildman–Crippen LogP) is 2.54. The van der Waals surface area contributed by atoms with Crippen molar-refractivity contribution >= 4 is 37.5 Å². The van der Waals surface area contributed by atoms with Crippen LogP contribution in [-0.2, 0) is 40.8 Å². The van der Waals surface area contributed by atoms with Gasteiger partial charge in [-0.2, -0.15) is 30.2 Å². The van der Waals surface area contributed by atoms with Crippen molar-refractivity contribution in [1.82, 2.24) is 18.8 Å². The molecule has 2 atom stereocenters. The summed E-state index contributed by atoms with van der Waals surface area (Å²) in [5, 5.41) is 0. The molecule has 0 bridgehead atoms. The molecule has 0 radical (unpaired) electrons. The number of piperazine rings is 1. The van der Waals surface area contributed by atoms with Gasteiger partial charge in [0.25, 0.3) is 26.1 Å². The highest BCUT2D eigenvalue weighted by molar-refractivity contribution is 7.91. The minimum absolute atomic E-state index is 0.0990. The Hall–Kier alpha value is -2.12. The molecule has 222 valence electrons. The first-order valence-corrected chi connectivity index (χ1v) is 16.1. The van der Waals surface area contributed by atoms with Crippen molar-refractivity contribution in [3.05, 3.63) is 42.0 Å². The number of hydrogen-bond acceptors (Lipinski definition) is 8. The summed E-state index contributed by atoms with van der Waals surface area (Å²) >= 11 is 0.826. The van der Waals surface area contributed by atoms with Gasteiger partial charge in [0, 0.05) is 44.1 Å². The van der Waals surface area contributed by atoms with Crippen LogP contribution in [0.15, 0.2) is 40.6 Å². The molecule has 0 spiro atoms. The molecule has 0 aliphatic carbocycles. The molecular weight excluding hydrogens is 597 g/mol. The van der Waals surface area contributed by atoms with Gasteiger partial charge in [0.15, 0.2) is 6.29 Å². The molecule has 2 fully saturated rings. The highest BCUT2D eigenvalue weighted by Gasteiger charge is 2.44. The van der Waals surface area contributed by atoms with Crippen molar-refractivity contribution in [2.45, 2.75) is 48.9 Å². The molecule has 2 aliphatic heterocycles. The number of benzene rings is 1. The van der Waals surface area contributed by atoms with Gasteiger partial charge in [0.1, 0.15) is 10.3 Å². The van der Waals surface area contributed by atoms with E-state index in [4.69, 9.17) is 9.57 Å². The Bertz CT molecular complexity index is 1390. The summed E-state index contributed by atoms with van der Waals surface area (Å²) in [7, 11) is -8.29. The maximum atomic E-state index is 13.7. The van der Waals surface area contributed by atoms with E-state index in [1.807, 2.05) is 0 Å². The summed E-state index contributed by atoms with van der Waals surface area (Å²) in [6.45, 7) is 1.14. The minimum atomic E-state index is -4.51. The van der Waals surface area contributed by atoms with Crippen molar-refractivity contribution < 1.29 is 44.4 Å². The van der Waals surface area contributed by atoms with Gasteiger partial charge in [-0.25, -0.2) is 23.5 Å². The molecule has 11 nitrogen and oxygen atoms in total. The monoisotopic (exact) mass is 626 g/mol. The zero-order chi connectivity index (χ0) is 29.1. The lowest BCUT2D eigenvalue weighted by Crippen LogP contribution is -2.62. The number of carbonyl (C=O) groups is 1. The van der Waals surface area contributed by atoms with Crippen molar-refractivity contribution in [2.24, 2.45) is 0 Å². The zero-order valence-electron chi connectivity index (χ0n) is 21.4. The molecule has 3 heterocycles. The third-order valence-corrected chi connectivity index (χ3v) is 11.5. The van der Waals surface area contributed by atoms with E-state index in [0.717, 1.165) is 44.9 Å². The average Bonchev–Trinajstić information content (AvgIpc) is 3.43. The van der Waals surface area contributed by atoms with E-state index in [1.54, 1.807) is 6.92 Å². The van der Waals surface area contributed by atoms with Crippen LogP contribution in [-0.4, -0.2) is 76.5 Å². The van der Waals surface area contributed by atoms with Crippen LogP contribution in [0.25, 0.3) is 10.4 Å². The lowest BCUT2D eigenvalue weighted by molar-refractivity contribution is -0.202. The Morgan fingerprint density at radius 2 is 1.82 bits per heavy atom. The Balaban J connectivity index is 1.57. The number of alkyl halides is 3. The van der Waals surface area contributed by atoms with Crippen LogP contribution in [0.1, 0.15) is 31.7 Å². The van der Waals surface area contributed by atoms with Gasteiger partial charge in [-0.1, -0.05) is 19.1 Å². The highest BCUT2D eigenvalue weighted by Crippen LogP contribution is 2.36. The molecule has 2 aliphatic rings. The van der Waals surface area contributed by atoms with Gasteiger partial charge in [0.2, 0.25) is 0 Å².